The number of sulfonamides is 1. The van der Waals surface area contributed by atoms with Gasteiger partial charge in [-0.25, -0.2) is 18.4 Å². The van der Waals surface area contributed by atoms with Gasteiger partial charge < -0.3 is 9.84 Å². The van der Waals surface area contributed by atoms with Gasteiger partial charge in [-0.3, -0.25) is 10.2 Å². The van der Waals surface area contributed by atoms with E-state index in [9.17, 15) is 13.2 Å². The minimum atomic E-state index is -4.11. The highest BCUT2D eigenvalue weighted by Crippen LogP contribution is 2.51. The Hall–Kier alpha value is -3.21. The molecule has 1 saturated heterocycles. The largest absolute Gasteiger partial charge is 0.338 e. The molecule has 0 bridgehead atoms. The summed E-state index contributed by atoms with van der Waals surface area (Å²) in [6.45, 7) is 1.27. The van der Waals surface area contributed by atoms with Crippen LogP contribution in [-0.2, 0) is 15.4 Å². The van der Waals surface area contributed by atoms with Gasteiger partial charge in [0.2, 0.25) is 15.9 Å². The molecule has 0 radical (unpaired) electrons. The highest BCUT2D eigenvalue weighted by Gasteiger charge is 2.58. The van der Waals surface area contributed by atoms with Crippen molar-refractivity contribution in [3.8, 4) is 11.3 Å². The molecule has 0 saturated carbocycles. The van der Waals surface area contributed by atoms with Gasteiger partial charge in [0.15, 0.2) is 5.37 Å². The number of fused-ring (bicyclic) bond motifs is 2. The van der Waals surface area contributed by atoms with Gasteiger partial charge in [0.05, 0.1) is 5.69 Å². The molecular weight excluding hydrogens is 430 g/mol. The second-order valence-corrected chi connectivity index (χ2v) is 9.73. The molecule has 2 amide bonds. The van der Waals surface area contributed by atoms with Crippen LogP contribution in [0, 0.1) is 0 Å². The van der Waals surface area contributed by atoms with Crippen LogP contribution in [0.2, 0.25) is 0 Å². The zero-order chi connectivity index (χ0) is 22.3. The maximum atomic E-state index is 13.4. The Morgan fingerprint density at radius 2 is 1.81 bits per heavy atom. The second-order valence-electron chi connectivity index (χ2n) is 8.11. The van der Waals surface area contributed by atoms with Crippen molar-refractivity contribution in [1.29, 1.82) is 0 Å². The first-order chi connectivity index (χ1) is 15.4. The van der Waals surface area contributed by atoms with Gasteiger partial charge in [0, 0.05) is 17.0 Å². The minimum Gasteiger partial charge on any atom is -0.338 e. The molecule has 2 aromatic carbocycles. The Labute approximate surface area is 185 Å². The Bertz CT molecular complexity index is 1250. The van der Waals surface area contributed by atoms with E-state index >= 15 is 0 Å². The summed E-state index contributed by atoms with van der Waals surface area (Å²) >= 11 is 0. The molecule has 9 nitrogen and oxygen atoms in total. The van der Waals surface area contributed by atoms with E-state index in [1.807, 2.05) is 42.5 Å². The summed E-state index contributed by atoms with van der Waals surface area (Å²) in [6.07, 6.45) is 1.10. The van der Waals surface area contributed by atoms with Gasteiger partial charge in [-0.1, -0.05) is 53.7 Å². The van der Waals surface area contributed by atoms with Crippen molar-refractivity contribution in [3.63, 3.8) is 0 Å². The molecule has 10 heteroatoms. The van der Waals surface area contributed by atoms with Gasteiger partial charge in [0.25, 0.3) is 0 Å². The van der Waals surface area contributed by atoms with E-state index in [1.54, 1.807) is 18.2 Å². The fourth-order valence-electron chi connectivity index (χ4n) is 4.92. The smallest absolute Gasteiger partial charge is 0.329 e. The normalized spacial score (nSPS) is 19.7. The summed E-state index contributed by atoms with van der Waals surface area (Å²) in [5.74, 6) is 0.116. The van der Waals surface area contributed by atoms with Crippen LogP contribution in [0.15, 0.2) is 65.2 Å². The quantitative estimate of drug-likeness (QED) is 0.559. The number of anilines is 2. The lowest BCUT2D eigenvalue weighted by Crippen LogP contribution is -2.58. The molecule has 4 N–H and O–H groups in total. The topological polar surface area (TPSA) is 131 Å². The number of rotatable bonds is 3. The first-order valence-electron chi connectivity index (χ1n) is 10.3. The fraction of sp³-hybridized carbons (Fsp3) is 0.273. The van der Waals surface area contributed by atoms with Gasteiger partial charge in [-0.2, -0.15) is 0 Å². The maximum absolute atomic E-state index is 13.4. The van der Waals surface area contributed by atoms with Crippen LogP contribution in [0.5, 0.6) is 0 Å². The molecule has 1 unspecified atom stereocenters. The average Bonchev–Trinajstić information content (AvgIpc) is 3.36. The summed E-state index contributed by atoms with van der Waals surface area (Å²) in [5.41, 5.74) is 1.97. The van der Waals surface area contributed by atoms with Crippen molar-refractivity contribution in [2.75, 3.05) is 23.3 Å². The molecule has 1 atom stereocenters. The number of amides is 2. The van der Waals surface area contributed by atoms with E-state index in [1.165, 1.54) is 4.90 Å². The van der Waals surface area contributed by atoms with Crippen LogP contribution >= 0.6 is 0 Å². The number of para-hydroxylation sites is 1. The first kappa shape index (κ1) is 20.7. The first-order valence-corrected chi connectivity index (χ1v) is 12.0. The van der Waals surface area contributed by atoms with Crippen molar-refractivity contribution < 1.29 is 17.7 Å². The summed E-state index contributed by atoms with van der Waals surface area (Å²) in [4.78, 5) is 14.6. The van der Waals surface area contributed by atoms with E-state index < -0.39 is 26.8 Å². The minimum absolute atomic E-state index is 0.116. The highest BCUT2D eigenvalue weighted by atomic mass is 32.2. The van der Waals surface area contributed by atoms with E-state index in [-0.39, 0.29) is 5.88 Å². The summed E-state index contributed by atoms with van der Waals surface area (Å²) in [6, 6.07) is 17.6. The zero-order valence-corrected chi connectivity index (χ0v) is 18.0. The predicted molar refractivity (Wildman–Crippen MR) is 121 cm³/mol. The van der Waals surface area contributed by atoms with Crippen LogP contribution < -0.4 is 20.7 Å². The van der Waals surface area contributed by atoms with Crippen molar-refractivity contribution in [2.45, 2.75) is 23.6 Å². The molecular formula is C22H23N5O4S. The van der Waals surface area contributed by atoms with Crippen LogP contribution in [0.1, 0.15) is 18.4 Å². The van der Waals surface area contributed by atoms with E-state index in [2.05, 4.69) is 15.8 Å². The van der Waals surface area contributed by atoms with Crippen molar-refractivity contribution in [3.05, 3.63) is 66.2 Å². The molecule has 166 valence electrons. The molecule has 2 aliphatic rings. The van der Waals surface area contributed by atoms with Crippen LogP contribution in [0.25, 0.3) is 11.3 Å². The van der Waals surface area contributed by atoms with Crippen molar-refractivity contribution >= 4 is 27.6 Å². The number of benzene rings is 2. The highest BCUT2D eigenvalue weighted by molar-refractivity contribution is 7.90. The Kier molecular flexibility index (Phi) is 5.00. The zero-order valence-electron chi connectivity index (χ0n) is 17.2. The lowest BCUT2D eigenvalue weighted by molar-refractivity contribution is 0.249. The summed E-state index contributed by atoms with van der Waals surface area (Å²) in [5, 5.41) is 14.4. The number of hydrogen-bond donors (Lipinski definition) is 3. The van der Waals surface area contributed by atoms with E-state index in [4.69, 9.17) is 9.66 Å². The number of carbonyl (C=O) groups excluding carboxylic acids is 1. The number of aromatic nitrogens is 1. The van der Waals surface area contributed by atoms with Gasteiger partial charge in [-0.05, 0) is 37.6 Å². The molecule has 1 fully saturated rings. The van der Waals surface area contributed by atoms with Crippen LogP contribution in [0.3, 0.4) is 0 Å². The number of primary sulfonamides is 1. The number of nitrogens with one attached hydrogen (secondary N) is 2. The van der Waals surface area contributed by atoms with Crippen LogP contribution in [0.4, 0.5) is 16.4 Å². The fourth-order valence-corrected chi connectivity index (χ4v) is 6.42. The third-order valence-corrected chi connectivity index (χ3v) is 7.53. The van der Waals surface area contributed by atoms with Gasteiger partial charge in [-0.15, -0.1) is 0 Å². The molecule has 1 spiro atoms. The molecule has 5 rings (SSSR count). The average molecular weight is 454 g/mol. The number of carbonyl (C=O) groups is 1. The Balaban J connectivity index is 1.52. The molecule has 3 aromatic rings. The molecule has 0 aliphatic carbocycles. The van der Waals surface area contributed by atoms with Gasteiger partial charge in [0.1, 0.15) is 5.69 Å². The number of urea groups is 1. The number of nitrogens with two attached hydrogens (primary N) is 1. The molecule has 3 heterocycles. The monoisotopic (exact) mass is 453 g/mol. The second kappa shape index (κ2) is 7.73. The Morgan fingerprint density at radius 3 is 2.53 bits per heavy atom. The third kappa shape index (κ3) is 3.36. The number of hydrogen-bond acceptors (Lipinski definition) is 6. The van der Waals surface area contributed by atoms with E-state index in [0.717, 1.165) is 11.1 Å². The predicted octanol–water partition coefficient (Wildman–Crippen LogP) is 2.63. The summed E-state index contributed by atoms with van der Waals surface area (Å²) < 4.78 is 31.0. The van der Waals surface area contributed by atoms with Crippen LogP contribution in [-0.4, -0.2) is 38.1 Å². The third-order valence-electron chi connectivity index (χ3n) is 6.24. The lowest BCUT2D eigenvalue weighted by Gasteiger charge is -2.39. The Morgan fingerprint density at radius 1 is 1.12 bits per heavy atom. The molecule has 1 aromatic heterocycles. The number of nitrogens with zero attached hydrogens (tertiary/aromatic N) is 2. The SMILES string of the molecule is NS(=O)(=O)C1N(C(=O)Nc2cc(-c3ccccc3)no2)c2ccccc2C12CCNCC2. The van der Waals surface area contributed by atoms with Crippen molar-refractivity contribution in [2.24, 2.45) is 5.14 Å². The van der Waals surface area contributed by atoms with Crippen molar-refractivity contribution in [1.82, 2.24) is 10.5 Å². The summed E-state index contributed by atoms with van der Waals surface area (Å²) in [7, 11) is -4.11. The van der Waals surface area contributed by atoms with E-state index in [0.29, 0.717) is 37.3 Å². The number of piperidine rings is 1. The van der Waals surface area contributed by atoms with Gasteiger partial charge >= 0.3 is 6.03 Å². The standard InChI is InChI=1S/C22H23N5O4S/c23-32(29,30)20-22(10-12-24-13-11-22)16-8-4-5-9-18(16)27(20)21(28)25-19-14-17(26-31-19)15-6-2-1-3-7-15/h1-9,14,20,24H,10-13H2,(H,25,28)(H2,23,29,30). The lowest BCUT2D eigenvalue weighted by atomic mass is 9.74. The maximum Gasteiger partial charge on any atom is 0.329 e. The molecule has 2 aliphatic heterocycles. The molecule has 32 heavy (non-hydrogen) atoms.